The molecular formula is C33H52N4O9. The second-order valence-electron chi connectivity index (χ2n) is 10.8. The van der Waals surface area contributed by atoms with Crippen molar-refractivity contribution in [2.24, 2.45) is 0 Å². The summed E-state index contributed by atoms with van der Waals surface area (Å²) in [4.78, 5) is 56.2. The molecule has 258 valence electrons. The number of alkyl carbamates (subject to hydrolysis) is 1. The minimum absolute atomic E-state index is 0.204. The predicted octanol–water partition coefficient (Wildman–Crippen LogP) is 3.16. The van der Waals surface area contributed by atoms with Crippen molar-refractivity contribution in [3.8, 4) is 5.75 Å². The van der Waals surface area contributed by atoms with Crippen LogP contribution in [0.15, 0.2) is 48.5 Å². The number of aryl methyl sites for hydroxylation is 2. The summed E-state index contributed by atoms with van der Waals surface area (Å²) < 4.78 is 10.5. The molecule has 0 bridgehead atoms. The van der Waals surface area contributed by atoms with Gasteiger partial charge in [-0.15, -0.1) is 0 Å². The number of hydrogen-bond acceptors (Lipinski definition) is 9. The SMILES string of the molecule is C=O.CCCCCNC(=O)C(Cc1ccc(OCC(=O)NO)c(C)c1)NC(=O)CNC(=O)OC(C)(C)C.CO.Cc1ccccc1. The van der Waals surface area contributed by atoms with Gasteiger partial charge in [0.15, 0.2) is 6.61 Å². The van der Waals surface area contributed by atoms with Gasteiger partial charge in [-0.1, -0.05) is 67.8 Å². The third kappa shape index (κ3) is 22.1. The van der Waals surface area contributed by atoms with Crippen LogP contribution in [0.3, 0.4) is 0 Å². The molecule has 6 N–H and O–H groups in total. The second kappa shape index (κ2) is 25.8. The van der Waals surface area contributed by atoms with Crippen molar-refractivity contribution < 1.29 is 43.8 Å². The first-order chi connectivity index (χ1) is 21.8. The van der Waals surface area contributed by atoms with Gasteiger partial charge in [0.25, 0.3) is 5.91 Å². The van der Waals surface area contributed by atoms with Gasteiger partial charge < -0.3 is 35.3 Å². The number of hydrogen-bond donors (Lipinski definition) is 6. The lowest BCUT2D eigenvalue weighted by Crippen LogP contribution is -2.51. The highest BCUT2D eigenvalue weighted by atomic mass is 16.6. The molecule has 1 unspecified atom stereocenters. The van der Waals surface area contributed by atoms with Crippen LogP contribution in [0.5, 0.6) is 5.75 Å². The Bertz CT molecular complexity index is 1160. The van der Waals surface area contributed by atoms with E-state index in [1.165, 1.54) is 11.0 Å². The van der Waals surface area contributed by atoms with Crippen LogP contribution < -0.4 is 26.2 Å². The molecule has 2 aromatic carbocycles. The van der Waals surface area contributed by atoms with E-state index in [2.05, 4.69) is 41.9 Å². The lowest BCUT2D eigenvalue weighted by molar-refractivity contribution is -0.131. The van der Waals surface area contributed by atoms with Crippen molar-refractivity contribution >= 4 is 30.6 Å². The summed E-state index contributed by atoms with van der Waals surface area (Å²) in [6.45, 7) is 12.9. The van der Waals surface area contributed by atoms with E-state index in [0.29, 0.717) is 17.9 Å². The molecule has 4 amide bonds. The Morgan fingerprint density at radius 2 is 1.54 bits per heavy atom. The minimum atomic E-state index is -0.865. The fourth-order valence-electron chi connectivity index (χ4n) is 3.58. The zero-order valence-electron chi connectivity index (χ0n) is 28.1. The zero-order valence-corrected chi connectivity index (χ0v) is 28.1. The third-order valence-corrected chi connectivity index (χ3v) is 5.63. The number of unbranched alkanes of at least 4 members (excludes halogenated alkanes) is 2. The molecule has 1 atom stereocenters. The molecule has 0 saturated carbocycles. The molecule has 0 fully saturated rings. The van der Waals surface area contributed by atoms with E-state index in [9.17, 15) is 19.2 Å². The van der Waals surface area contributed by atoms with Crippen LogP contribution in [0, 0.1) is 13.8 Å². The number of amides is 4. The van der Waals surface area contributed by atoms with Crippen molar-refractivity contribution in [2.45, 2.75) is 78.9 Å². The summed E-state index contributed by atoms with van der Waals surface area (Å²) in [5.41, 5.74) is 3.59. The number of hydroxylamine groups is 1. The van der Waals surface area contributed by atoms with Gasteiger partial charge in [0.1, 0.15) is 30.7 Å². The van der Waals surface area contributed by atoms with Gasteiger partial charge in [-0.2, -0.15) is 0 Å². The molecule has 0 saturated heterocycles. The topological polar surface area (TPSA) is 192 Å². The molecule has 0 radical (unpaired) electrons. The molecule has 0 spiro atoms. The van der Waals surface area contributed by atoms with E-state index < -0.39 is 29.6 Å². The predicted molar refractivity (Wildman–Crippen MR) is 175 cm³/mol. The quantitative estimate of drug-likeness (QED) is 0.108. The van der Waals surface area contributed by atoms with Crippen molar-refractivity contribution in [3.63, 3.8) is 0 Å². The largest absolute Gasteiger partial charge is 0.483 e. The lowest BCUT2D eigenvalue weighted by atomic mass is 10.0. The highest BCUT2D eigenvalue weighted by Crippen LogP contribution is 2.20. The van der Waals surface area contributed by atoms with E-state index >= 15 is 0 Å². The number of aliphatic hydroxyl groups is 1. The van der Waals surface area contributed by atoms with Crippen LogP contribution in [0.1, 0.15) is 63.6 Å². The van der Waals surface area contributed by atoms with Crippen molar-refractivity contribution in [3.05, 3.63) is 65.2 Å². The monoisotopic (exact) mass is 648 g/mol. The van der Waals surface area contributed by atoms with Gasteiger partial charge >= 0.3 is 6.09 Å². The molecule has 2 aromatic rings. The van der Waals surface area contributed by atoms with Crippen molar-refractivity contribution in [2.75, 3.05) is 26.8 Å². The Balaban J connectivity index is 0. The van der Waals surface area contributed by atoms with Crippen LogP contribution in [0.2, 0.25) is 0 Å². The van der Waals surface area contributed by atoms with Gasteiger partial charge in [0, 0.05) is 20.1 Å². The summed E-state index contributed by atoms with van der Waals surface area (Å²) in [7, 11) is 1.00. The van der Waals surface area contributed by atoms with Gasteiger partial charge in [-0.3, -0.25) is 19.6 Å². The fraction of sp³-hybridized carbons (Fsp3) is 0.485. The number of rotatable bonds is 13. The summed E-state index contributed by atoms with van der Waals surface area (Å²) >= 11 is 0. The Kier molecular flexibility index (Phi) is 24.5. The molecular weight excluding hydrogens is 596 g/mol. The standard InChI is InChI=1S/C24H38N4O7.C7H8.CH4O.CH2O/c1-6-7-8-11-25-22(31)18(27-20(29)14-26-23(32)35-24(3,4)5)13-17-9-10-19(16(2)12-17)34-15-21(30)28-33;1-7-5-3-2-4-6-7;2*1-2/h9-10,12,18,33H,6-8,11,13-15H2,1-5H3,(H,25,31)(H,26,32)(H,27,29)(H,28,30);2-6H,1H3;2H,1H3;1H2. The van der Waals surface area contributed by atoms with Crippen LogP contribution in [0.25, 0.3) is 0 Å². The van der Waals surface area contributed by atoms with E-state index in [1.54, 1.807) is 45.9 Å². The van der Waals surface area contributed by atoms with E-state index in [-0.39, 0.29) is 25.5 Å². The van der Waals surface area contributed by atoms with Crippen LogP contribution in [-0.2, 0) is 30.3 Å². The molecule has 0 heterocycles. The highest BCUT2D eigenvalue weighted by Gasteiger charge is 2.23. The van der Waals surface area contributed by atoms with Crippen LogP contribution in [0.4, 0.5) is 4.79 Å². The summed E-state index contributed by atoms with van der Waals surface area (Å²) in [5.74, 6) is -1.10. The average molecular weight is 649 g/mol. The first-order valence-corrected chi connectivity index (χ1v) is 14.8. The lowest BCUT2D eigenvalue weighted by Gasteiger charge is -2.21. The number of aliphatic hydroxyl groups excluding tert-OH is 1. The average Bonchev–Trinajstić information content (AvgIpc) is 3.03. The Labute approximate surface area is 272 Å². The maximum atomic E-state index is 12.8. The van der Waals surface area contributed by atoms with E-state index in [0.717, 1.165) is 31.9 Å². The van der Waals surface area contributed by atoms with Crippen molar-refractivity contribution in [1.29, 1.82) is 0 Å². The zero-order chi connectivity index (χ0) is 35.5. The third-order valence-electron chi connectivity index (χ3n) is 5.63. The maximum absolute atomic E-state index is 12.8. The highest BCUT2D eigenvalue weighted by molar-refractivity contribution is 5.89. The Morgan fingerprint density at radius 1 is 0.913 bits per heavy atom. The number of carbonyl (C=O) groups excluding carboxylic acids is 5. The molecule has 0 aliphatic heterocycles. The van der Waals surface area contributed by atoms with E-state index in [1.807, 2.05) is 25.0 Å². The minimum Gasteiger partial charge on any atom is -0.483 e. The summed E-state index contributed by atoms with van der Waals surface area (Å²) in [6.07, 6.45) is 2.30. The number of ether oxygens (including phenoxy) is 2. The Hall–Kier alpha value is -4.49. The van der Waals surface area contributed by atoms with Crippen LogP contribution >= 0.6 is 0 Å². The molecule has 0 aromatic heterocycles. The van der Waals surface area contributed by atoms with Gasteiger partial charge in [0.2, 0.25) is 11.8 Å². The maximum Gasteiger partial charge on any atom is 0.408 e. The number of benzene rings is 2. The molecule has 0 aliphatic rings. The molecule has 2 rings (SSSR count). The van der Waals surface area contributed by atoms with Gasteiger partial charge in [-0.05, 0) is 58.2 Å². The molecule has 46 heavy (non-hydrogen) atoms. The van der Waals surface area contributed by atoms with Crippen LogP contribution in [-0.4, -0.2) is 79.4 Å². The summed E-state index contributed by atoms with van der Waals surface area (Å²) in [6, 6.07) is 14.6. The first-order valence-electron chi connectivity index (χ1n) is 14.8. The Morgan fingerprint density at radius 3 is 2.04 bits per heavy atom. The van der Waals surface area contributed by atoms with Gasteiger partial charge in [0.05, 0.1) is 0 Å². The molecule has 13 heteroatoms. The smallest absolute Gasteiger partial charge is 0.408 e. The fourth-order valence-corrected chi connectivity index (χ4v) is 3.58. The second-order valence-corrected chi connectivity index (χ2v) is 10.8. The number of carbonyl (C=O) groups is 5. The number of nitrogens with one attached hydrogen (secondary N) is 4. The van der Waals surface area contributed by atoms with E-state index in [4.69, 9.17) is 24.6 Å². The van der Waals surface area contributed by atoms with Crippen molar-refractivity contribution in [1.82, 2.24) is 21.4 Å². The molecule has 13 nitrogen and oxygen atoms in total. The normalized spacial score (nSPS) is 10.5. The first kappa shape index (κ1) is 43.6. The van der Waals surface area contributed by atoms with Gasteiger partial charge in [-0.25, -0.2) is 10.3 Å². The molecule has 0 aliphatic carbocycles. The summed E-state index contributed by atoms with van der Waals surface area (Å²) in [5, 5.41) is 23.5.